The monoisotopic (exact) mass is 417 g/mol. The smallest absolute Gasteiger partial charge is 0.679 e. The van der Waals surface area contributed by atoms with Crippen LogP contribution in [0.15, 0.2) is 37.4 Å². The van der Waals surface area contributed by atoms with Crippen LogP contribution < -0.4 is 0 Å². The van der Waals surface area contributed by atoms with Crippen molar-refractivity contribution in [3.63, 3.8) is 0 Å². The van der Waals surface area contributed by atoms with Crippen molar-refractivity contribution in [1.82, 2.24) is 19.1 Å². The molecular weight excluding hydrogens is 399 g/mol. The summed E-state index contributed by atoms with van der Waals surface area (Å²) in [4.78, 5) is 7.57. The third kappa shape index (κ3) is 13.0. The van der Waals surface area contributed by atoms with Crippen molar-refractivity contribution >= 4 is 0 Å². The Morgan fingerprint density at radius 3 is 1.29 bits per heavy atom. The Hall–Kier alpha value is -0.972. The number of rotatable bonds is 1. The van der Waals surface area contributed by atoms with Crippen LogP contribution in [0.3, 0.4) is 0 Å². The van der Waals surface area contributed by atoms with Crippen molar-refractivity contribution in [3.05, 3.63) is 48.9 Å². The van der Waals surface area contributed by atoms with E-state index in [0.717, 1.165) is 0 Å². The van der Waals surface area contributed by atoms with Gasteiger partial charge in [0.1, 0.15) is 0 Å². The van der Waals surface area contributed by atoms with E-state index in [9.17, 15) is 0 Å². The molecule has 0 aliphatic rings. The van der Waals surface area contributed by atoms with E-state index in [0.29, 0.717) is 0 Å². The van der Waals surface area contributed by atoms with E-state index in [4.69, 9.17) is 11.5 Å². The molecule has 0 spiro atoms. The summed E-state index contributed by atoms with van der Waals surface area (Å²) < 4.78 is 3.78. The molecule has 2 heterocycles. The Kier molecular flexibility index (Phi) is 14.2. The van der Waals surface area contributed by atoms with Gasteiger partial charge in [-0.05, 0) is 0 Å². The van der Waals surface area contributed by atoms with Gasteiger partial charge >= 0.3 is 21.1 Å². The number of aryl methyl sites for hydroxylation is 2. The van der Waals surface area contributed by atoms with E-state index in [-0.39, 0.29) is 34.2 Å². The molecule has 0 radical (unpaired) electrons. The number of hydrogen-bond acceptors (Lipinski definition) is 2. The first-order chi connectivity index (χ1) is 7.70. The largest absolute Gasteiger partial charge is 4.00 e. The quantitative estimate of drug-likeness (QED) is 0.710. The van der Waals surface area contributed by atoms with Gasteiger partial charge in [0.15, 0.2) is 0 Å². The summed E-state index contributed by atoms with van der Waals surface area (Å²) in [7, 11) is 3.88. The van der Waals surface area contributed by atoms with E-state index < -0.39 is 0 Å². The fourth-order valence-corrected chi connectivity index (χ4v) is 0.652. The summed E-state index contributed by atoms with van der Waals surface area (Å²) in [5, 5.41) is 0. The van der Waals surface area contributed by atoms with Crippen LogP contribution in [0, 0.1) is 0 Å². The van der Waals surface area contributed by atoms with Crippen molar-refractivity contribution in [2.24, 2.45) is 14.1 Å². The van der Waals surface area contributed by atoms with E-state index in [1.54, 1.807) is 25.0 Å². The second-order valence-electron chi connectivity index (χ2n) is 2.96. The first kappa shape index (κ1) is 18.4. The molecule has 2 aromatic rings. The minimum absolute atomic E-state index is 0. The molecule has 0 unspecified atom stereocenters. The molecule has 0 aliphatic carbocycles. The molecular formula is C10H18N6Pt+2. The van der Waals surface area contributed by atoms with Gasteiger partial charge in [0, 0.05) is 38.9 Å². The first-order valence-corrected chi connectivity index (χ1v) is 4.83. The van der Waals surface area contributed by atoms with Gasteiger partial charge in [0.2, 0.25) is 0 Å². The first-order valence-electron chi connectivity index (χ1n) is 4.83. The molecule has 0 amide bonds. The SMILES string of the molecule is Cn1ccnc1.Cn1ccnc1.[NH-]CC[NH-].[Pt+4]. The maximum Gasteiger partial charge on any atom is 4.00 e. The maximum atomic E-state index is 6.26. The Balaban J connectivity index is 0. The Morgan fingerprint density at radius 1 is 0.882 bits per heavy atom. The third-order valence-corrected chi connectivity index (χ3v) is 1.40. The van der Waals surface area contributed by atoms with Crippen LogP contribution in [-0.4, -0.2) is 32.2 Å². The molecule has 0 saturated heterocycles. The van der Waals surface area contributed by atoms with Gasteiger partial charge in [0.25, 0.3) is 0 Å². The zero-order chi connectivity index (χ0) is 12.2. The van der Waals surface area contributed by atoms with Gasteiger partial charge in [-0.25, -0.2) is 9.97 Å². The maximum absolute atomic E-state index is 6.26. The van der Waals surface area contributed by atoms with Crippen LogP contribution in [0.5, 0.6) is 0 Å². The van der Waals surface area contributed by atoms with E-state index >= 15 is 0 Å². The zero-order valence-electron chi connectivity index (χ0n) is 9.98. The second-order valence-corrected chi connectivity index (χ2v) is 2.96. The summed E-state index contributed by atoms with van der Waals surface area (Å²) in [6.07, 6.45) is 10.8. The van der Waals surface area contributed by atoms with Gasteiger partial charge in [0.05, 0.1) is 12.7 Å². The second kappa shape index (κ2) is 13.1. The van der Waals surface area contributed by atoms with Crippen molar-refractivity contribution in [2.75, 3.05) is 13.1 Å². The molecule has 6 nitrogen and oxygen atoms in total. The van der Waals surface area contributed by atoms with Crippen molar-refractivity contribution in [1.29, 1.82) is 0 Å². The Morgan fingerprint density at radius 2 is 1.24 bits per heavy atom. The minimum atomic E-state index is 0. The predicted molar refractivity (Wildman–Crippen MR) is 64.8 cm³/mol. The summed E-state index contributed by atoms with van der Waals surface area (Å²) in [6, 6.07) is 0. The summed E-state index contributed by atoms with van der Waals surface area (Å²) in [5.74, 6) is 0. The topological polar surface area (TPSA) is 83.2 Å². The van der Waals surface area contributed by atoms with Crippen LogP contribution in [0.2, 0.25) is 0 Å². The molecule has 7 heteroatoms. The fraction of sp³-hybridized carbons (Fsp3) is 0.400. The molecule has 0 aromatic carbocycles. The Bertz CT molecular complexity index is 284. The van der Waals surface area contributed by atoms with Gasteiger partial charge in [-0.1, -0.05) is 0 Å². The van der Waals surface area contributed by atoms with Crippen LogP contribution in [-0.2, 0) is 35.2 Å². The molecule has 17 heavy (non-hydrogen) atoms. The van der Waals surface area contributed by atoms with Crippen molar-refractivity contribution in [2.45, 2.75) is 0 Å². The van der Waals surface area contributed by atoms with Gasteiger partial charge < -0.3 is 20.6 Å². The summed E-state index contributed by atoms with van der Waals surface area (Å²) in [5.41, 5.74) is 12.5. The molecule has 0 bridgehead atoms. The molecule has 2 aromatic heterocycles. The number of hydrogen-bond donors (Lipinski definition) is 0. The van der Waals surface area contributed by atoms with Gasteiger partial charge in [-0.2, -0.15) is 13.1 Å². The van der Waals surface area contributed by atoms with Crippen LogP contribution >= 0.6 is 0 Å². The summed E-state index contributed by atoms with van der Waals surface area (Å²) in [6.45, 7) is 0.472. The summed E-state index contributed by atoms with van der Waals surface area (Å²) >= 11 is 0. The molecule has 2 N–H and O–H groups in total. The predicted octanol–water partition coefficient (Wildman–Crippen LogP) is 1.93. The van der Waals surface area contributed by atoms with E-state index in [2.05, 4.69) is 9.97 Å². The average Bonchev–Trinajstić information content (AvgIpc) is 2.93. The molecule has 0 saturated carbocycles. The van der Waals surface area contributed by atoms with Crippen molar-refractivity contribution in [3.8, 4) is 0 Å². The number of nitrogens with zero attached hydrogens (tertiary/aromatic N) is 4. The standard InChI is InChI=1S/2C4H6N2.C2H6N2.Pt/c2*1-6-3-2-5-4-6;3-1-2-4;/h2*2-4H,1H3;3-4H,1-2H2;/q;;-2;+4. The van der Waals surface area contributed by atoms with Gasteiger partial charge in [-0.15, -0.1) is 0 Å². The molecule has 0 fully saturated rings. The number of nitrogens with one attached hydrogen (secondary N) is 2. The molecule has 0 atom stereocenters. The van der Waals surface area contributed by atoms with E-state index in [1.807, 2.05) is 35.6 Å². The van der Waals surface area contributed by atoms with Gasteiger partial charge in [-0.3, -0.25) is 0 Å². The molecule has 2 rings (SSSR count). The zero-order valence-corrected chi connectivity index (χ0v) is 12.3. The van der Waals surface area contributed by atoms with E-state index in [1.165, 1.54) is 0 Å². The van der Waals surface area contributed by atoms with Crippen LogP contribution in [0.1, 0.15) is 0 Å². The minimum Gasteiger partial charge on any atom is -0.679 e. The Labute approximate surface area is 116 Å². The number of imidazole rings is 2. The molecule has 0 aliphatic heterocycles. The molecule has 96 valence electrons. The fourth-order valence-electron chi connectivity index (χ4n) is 0.652. The normalized spacial score (nSPS) is 8.00. The van der Waals surface area contributed by atoms with Crippen LogP contribution in [0.4, 0.5) is 0 Å². The average molecular weight is 417 g/mol. The number of aromatic nitrogens is 4. The van der Waals surface area contributed by atoms with Crippen LogP contribution in [0.25, 0.3) is 11.5 Å². The third-order valence-electron chi connectivity index (χ3n) is 1.40. The van der Waals surface area contributed by atoms with Crippen molar-refractivity contribution < 1.29 is 21.1 Å².